The summed E-state index contributed by atoms with van der Waals surface area (Å²) in [5.41, 5.74) is 0.948. The van der Waals surface area contributed by atoms with E-state index in [1.54, 1.807) is 0 Å². The summed E-state index contributed by atoms with van der Waals surface area (Å²) in [6.45, 7) is 6.92. The number of fused-ring (bicyclic) bond motifs is 1. The topological polar surface area (TPSA) is 67.4 Å². The average molecular weight is 559 g/mol. The second-order valence-corrected chi connectivity index (χ2v) is 9.07. The van der Waals surface area contributed by atoms with Crippen LogP contribution >= 0.6 is 24.0 Å². The van der Waals surface area contributed by atoms with E-state index in [9.17, 15) is 0 Å². The third-order valence-corrected chi connectivity index (χ3v) is 6.15. The Morgan fingerprint density at radius 3 is 2.72 bits per heavy atom. The van der Waals surface area contributed by atoms with Crippen molar-refractivity contribution in [2.75, 3.05) is 51.9 Å². The minimum atomic E-state index is 0. The Morgan fingerprint density at radius 1 is 1.19 bits per heavy atom. The van der Waals surface area contributed by atoms with Crippen molar-refractivity contribution in [1.29, 1.82) is 0 Å². The number of nitrogens with one attached hydrogen (secondary N) is 2. The predicted octanol–water partition coefficient (Wildman–Crippen LogP) is 4.12. The van der Waals surface area contributed by atoms with E-state index >= 15 is 0 Å². The molecule has 180 valence electrons. The number of likely N-dealkylation sites (N-methyl/N-ethyl adjacent to an activating group) is 1. The molecule has 8 heteroatoms. The van der Waals surface area contributed by atoms with Crippen LogP contribution in [0.2, 0.25) is 0 Å². The molecule has 0 spiro atoms. The normalized spacial score (nSPS) is 19.2. The van der Waals surface area contributed by atoms with Crippen LogP contribution in [-0.2, 0) is 4.74 Å². The molecule has 2 fully saturated rings. The van der Waals surface area contributed by atoms with Crippen molar-refractivity contribution in [2.45, 2.75) is 57.5 Å². The van der Waals surface area contributed by atoms with Crippen LogP contribution in [0.15, 0.2) is 23.2 Å². The van der Waals surface area contributed by atoms with E-state index < -0.39 is 0 Å². The monoisotopic (exact) mass is 558 g/mol. The first-order valence-electron chi connectivity index (χ1n) is 11.9. The summed E-state index contributed by atoms with van der Waals surface area (Å²) in [5.74, 6) is 3.21. The SMILES string of the molecule is CC(CN=C(NCCCOCC1CC1)Nc1ccc2c(c1)OCCCO2)N(C)C1CC1.I. The molecule has 2 N–H and O–H groups in total. The molecule has 1 heterocycles. The summed E-state index contributed by atoms with van der Waals surface area (Å²) in [4.78, 5) is 7.32. The molecule has 4 rings (SSSR count). The zero-order valence-corrected chi connectivity index (χ0v) is 21.8. The number of guanidine groups is 1. The van der Waals surface area contributed by atoms with Gasteiger partial charge in [0, 0.05) is 50.0 Å². The number of hydrogen-bond donors (Lipinski definition) is 2. The Morgan fingerprint density at radius 2 is 1.97 bits per heavy atom. The molecule has 0 bridgehead atoms. The fourth-order valence-corrected chi connectivity index (χ4v) is 3.63. The standard InChI is InChI=1S/C24H38N4O3.HI/c1-18(28(2)21-8-9-21)16-26-24(25-11-3-12-29-17-19-5-6-19)27-20-7-10-22-23(15-20)31-14-4-13-30-22;/h7,10,15,18-19,21H,3-6,8-9,11-14,16-17H2,1-2H3,(H2,25,26,27);1H. The van der Waals surface area contributed by atoms with Crippen LogP contribution in [0.5, 0.6) is 11.5 Å². The van der Waals surface area contributed by atoms with Crippen molar-refractivity contribution in [2.24, 2.45) is 10.9 Å². The summed E-state index contributed by atoms with van der Waals surface area (Å²) >= 11 is 0. The molecule has 0 saturated heterocycles. The Kier molecular flexibility index (Phi) is 10.2. The second-order valence-electron chi connectivity index (χ2n) is 9.07. The predicted molar refractivity (Wildman–Crippen MR) is 140 cm³/mol. The van der Waals surface area contributed by atoms with Crippen molar-refractivity contribution >= 4 is 35.6 Å². The maximum absolute atomic E-state index is 5.83. The number of aliphatic imine (C=N–C) groups is 1. The molecule has 1 atom stereocenters. The van der Waals surface area contributed by atoms with Gasteiger partial charge in [0.2, 0.25) is 0 Å². The van der Waals surface area contributed by atoms with Gasteiger partial charge in [-0.05, 0) is 64.1 Å². The minimum absolute atomic E-state index is 0. The van der Waals surface area contributed by atoms with Crippen molar-refractivity contribution in [1.82, 2.24) is 10.2 Å². The number of anilines is 1. The molecule has 0 aromatic heterocycles. The van der Waals surface area contributed by atoms with Gasteiger partial charge in [0.15, 0.2) is 17.5 Å². The highest BCUT2D eigenvalue weighted by molar-refractivity contribution is 14.0. The smallest absolute Gasteiger partial charge is 0.195 e. The summed E-state index contributed by atoms with van der Waals surface area (Å²) in [7, 11) is 2.21. The lowest BCUT2D eigenvalue weighted by molar-refractivity contribution is 0.123. The summed E-state index contributed by atoms with van der Waals surface area (Å²) in [5, 5.41) is 6.92. The van der Waals surface area contributed by atoms with Crippen molar-refractivity contribution in [3.63, 3.8) is 0 Å². The van der Waals surface area contributed by atoms with Crippen LogP contribution < -0.4 is 20.1 Å². The highest BCUT2D eigenvalue weighted by Gasteiger charge is 2.29. The molecule has 1 aliphatic heterocycles. The van der Waals surface area contributed by atoms with Gasteiger partial charge in [-0.3, -0.25) is 9.89 Å². The molecule has 2 aliphatic carbocycles. The highest BCUT2D eigenvalue weighted by Crippen LogP contribution is 2.32. The van der Waals surface area contributed by atoms with E-state index in [-0.39, 0.29) is 24.0 Å². The molecule has 2 saturated carbocycles. The van der Waals surface area contributed by atoms with Gasteiger partial charge in [0.1, 0.15) is 0 Å². The van der Waals surface area contributed by atoms with Crippen LogP contribution in [-0.4, -0.2) is 69.5 Å². The number of hydrogen-bond acceptors (Lipinski definition) is 5. The van der Waals surface area contributed by atoms with Crippen molar-refractivity contribution < 1.29 is 14.2 Å². The van der Waals surface area contributed by atoms with E-state index in [0.717, 1.165) is 74.3 Å². The van der Waals surface area contributed by atoms with Gasteiger partial charge in [-0.15, -0.1) is 24.0 Å². The number of halogens is 1. The molecule has 0 amide bonds. The zero-order chi connectivity index (χ0) is 21.5. The van der Waals surface area contributed by atoms with Gasteiger partial charge in [-0.25, -0.2) is 0 Å². The molecular weight excluding hydrogens is 519 g/mol. The molecule has 3 aliphatic rings. The van der Waals surface area contributed by atoms with Gasteiger partial charge in [-0.2, -0.15) is 0 Å². The molecule has 1 aromatic rings. The third kappa shape index (κ3) is 8.26. The Bertz CT molecular complexity index is 740. The van der Waals surface area contributed by atoms with E-state index in [0.29, 0.717) is 19.3 Å². The fraction of sp³-hybridized carbons (Fsp3) is 0.708. The maximum Gasteiger partial charge on any atom is 0.195 e. The van der Waals surface area contributed by atoms with Crippen LogP contribution in [0.25, 0.3) is 0 Å². The maximum atomic E-state index is 5.83. The highest BCUT2D eigenvalue weighted by atomic mass is 127. The lowest BCUT2D eigenvalue weighted by atomic mass is 10.2. The molecule has 1 aromatic carbocycles. The van der Waals surface area contributed by atoms with Crippen LogP contribution in [0, 0.1) is 5.92 Å². The first kappa shape index (κ1) is 25.4. The van der Waals surface area contributed by atoms with Gasteiger partial charge in [0.25, 0.3) is 0 Å². The van der Waals surface area contributed by atoms with Crippen LogP contribution in [0.4, 0.5) is 5.69 Å². The molecule has 7 nitrogen and oxygen atoms in total. The van der Waals surface area contributed by atoms with E-state index in [2.05, 4.69) is 29.5 Å². The fourth-order valence-electron chi connectivity index (χ4n) is 3.63. The Balaban J connectivity index is 0.00000289. The minimum Gasteiger partial charge on any atom is -0.490 e. The van der Waals surface area contributed by atoms with Gasteiger partial charge in [-0.1, -0.05) is 0 Å². The first-order valence-corrected chi connectivity index (χ1v) is 11.9. The molecule has 1 unspecified atom stereocenters. The van der Waals surface area contributed by atoms with E-state index in [4.69, 9.17) is 19.2 Å². The largest absolute Gasteiger partial charge is 0.490 e. The van der Waals surface area contributed by atoms with Gasteiger partial charge < -0.3 is 24.8 Å². The van der Waals surface area contributed by atoms with Crippen LogP contribution in [0.3, 0.4) is 0 Å². The molecule has 32 heavy (non-hydrogen) atoms. The first-order chi connectivity index (χ1) is 15.2. The van der Waals surface area contributed by atoms with Gasteiger partial charge >= 0.3 is 0 Å². The third-order valence-electron chi connectivity index (χ3n) is 6.15. The summed E-state index contributed by atoms with van der Waals surface area (Å²) in [6, 6.07) is 7.13. The number of ether oxygens (including phenoxy) is 3. The quantitative estimate of drug-likeness (QED) is 0.184. The van der Waals surface area contributed by atoms with Crippen molar-refractivity contribution in [3.8, 4) is 11.5 Å². The molecule has 0 radical (unpaired) electrons. The average Bonchev–Trinajstić information content (AvgIpc) is 3.66. The number of rotatable bonds is 11. The van der Waals surface area contributed by atoms with Crippen molar-refractivity contribution in [3.05, 3.63) is 18.2 Å². The van der Waals surface area contributed by atoms with E-state index in [1.165, 1.54) is 25.7 Å². The zero-order valence-electron chi connectivity index (χ0n) is 19.5. The van der Waals surface area contributed by atoms with E-state index in [1.807, 2.05) is 18.2 Å². The summed E-state index contributed by atoms with van der Waals surface area (Å²) in [6.07, 6.45) is 7.16. The van der Waals surface area contributed by atoms with Gasteiger partial charge in [0.05, 0.1) is 19.8 Å². The second kappa shape index (κ2) is 12.8. The lowest BCUT2D eigenvalue weighted by Crippen LogP contribution is -2.36. The summed E-state index contributed by atoms with van der Waals surface area (Å²) < 4.78 is 17.3. The van der Waals surface area contributed by atoms with Crippen LogP contribution in [0.1, 0.15) is 45.4 Å². The lowest BCUT2D eigenvalue weighted by Gasteiger charge is -2.23. The Hall–Kier alpha value is -1.26. The number of nitrogens with zero attached hydrogens (tertiary/aromatic N) is 2. The molecular formula is C24H39IN4O3. The Labute approximate surface area is 209 Å². The number of benzene rings is 1.